The first-order valence-electron chi connectivity index (χ1n) is 8.68. The lowest BCUT2D eigenvalue weighted by Crippen LogP contribution is -2.21. The van der Waals surface area contributed by atoms with Crippen molar-refractivity contribution in [2.75, 3.05) is 5.32 Å². The Morgan fingerprint density at radius 2 is 1.89 bits per heavy atom. The zero-order valence-corrected chi connectivity index (χ0v) is 15.9. The van der Waals surface area contributed by atoms with Gasteiger partial charge in [-0.25, -0.2) is 4.98 Å². The second kappa shape index (κ2) is 7.66. The van der Waals surface area contributed by atoms with Crippen molar-refractivity contribution in [3.63, 3.8) is 0 Å². The van der Waals surface area contributed by atoms with Crippen LogP contribution in [0.1, 0.15) is 31.5 Å². The predicted octanol–water partition coefficient (Wildman–Crippen LogP) is 4.38. The summed E-state index contributed by atoms with van der Waals surface area (Å²) in [4.78, 5) is 29.4. The molecular formula is C21H17N3O3S. The molecule has 0 aliphatic rings. The van der Waals surface area contributed by atoms with Gasteiger partial charge in [0.1, 0.15) is 5.52 Å². The standard InChI is InChI=1S/C21H17N3O3S/c1-13-23-17-11-16(8-9-18(17)27-13)24-20(25)15-6-4-14(5-7-15)12-22-21(26)19-3-2-10-28-19/h2-11H,12H2,1H3,(H,22,26)(H,24,25). The molecule has 2 amide bonds. The van der Waals surface area contributed by atoms with Crippen LogP contribution in [0.15, 0.2) is 64.4 Å². The van der Waals surface area contributed by atoms with E-state index in [1.54, 1.807) is 43.3 Å². The van der Waals surface area contributed by atoms with Gasteiger partial charge in [0.25, 0.3) is 11.8 Å². The van der Waals surface area contributed by atoms with E-state index in [0.29, 0.717) is 39.7 Å². The van der Waals surface area contributed by atoms with Gasteiger partial charge >= 0.3 is 0 Å². The maximum absolute atomic E-state index is 12.5. The van der Waals surface area contributed by atoms with Crippen molar-refractivity contribution in [3.8, 4) is 0 Å². The van der Waals surface area contributed by atoms with E-state index in [4.69, 9.17) is 4.42 Å². The Morgan fingerprint density at radius 1 is 1.07 bits per heavy atom. The van der Waals surface area contributed by atoms with Crippen LogP contribution in [0.3, 0.4) is 0 Å². The van der Waals surface area contributed by atoms with Gasteiger partial charge < -0.3 is 15.1 Å². The van der Waals surface area contributed by atoms with Crippen molar-refractivity contribution < 1.29 is 14.0 Å². The van der Waals surface area contributed by atoms with Crippen LogP contribution in [0.4, 0.5) is 5.69 Å². The molecule has 28 heavy (non-hydrogen) atoms. The Hall–Kier alpha value is -3.45. The second-order valence-corrected chi connectivity index (χ2v) is 7.17. The third-order valence-corrected chi connectivity index (χ3v) is 5.04. The molecule has 140 valence electrons. The Kier molecular flexibility index (Phi) is 4.90. The molecule has 2 aromatic heterocycles. The molecule has 0 fully saturated rings. The van der Waals surface area contributed by atoms with Crippen molar-refractivity contribution in [1.29, 1.82) is 0 Å². The van der Waals surface area contributed by atoms with Gasteiger partial charge in [-0.3, -0.25) is 9.59 Å². The third kappa shape index (κ3) is 3.94. The number of fused-ring (bicyclic) bond motifs is 1. The summed E-state index contributed by atoms with van der Waals surface area (Å²) in [7, 11) is 0. The number of benzene rings is 2. The molecule has 0 saturated carbocycles. The maximum Gasteiger partial charge on any atom is 0.261 e. The van der Waals surface area contributed by atoms with Crippen LogP contribution in [0.25, 0.3) is 11.1 Å². The van der Waals surface area contributed by atoms with Crippen LogP contribution in [0, 0.1) is 6.92 Å². The molecule has 0 bridgehead atoms. The van der Waals surface area contributed by atoms with Crippen LogP contribution in [-0.2, 0) is 6.54 Å². The zero-order valence-electron chi connectivity index (χ0n) is 15.1. The average molecular weight is 391 g/mol. The summed E-state index contributed by atoms with van der Waals surface area (Å²) >= 11 is 1.40. The first-order valence-corrected chi connectivity index (χ1v) is 9.56. The van der Waals surface area contributed by atoms with Crippen LogP contribution in [0.5, 0.6) is 0 Å². The molecule has 0 saturated heterocycles. The minimum Gasteiger partial charge on any atom is -0.441 e. The van der Waals surface area contributed by atoms with E-state index in [-0.39, 0.29) is 11.8 Å². The van der Waals surface area contributed by atoms with Gasteiger partial charge in [0, 0.05) is 24.7 Å². The summed E-state index contributed by atoms with van der Waals surface area (Å²) in [5, 5.41) is 7.59. The highest BCUT2D eigenvalue weighted by molar-refractivity contribution is 7.12. The summed E-state index contributed by atoms with van der Waals surface area (Å²) in [5.41, 5.74) is 3.49. The fourth-order valence-electron chi connectivity index (χ4n) is 2.77. The number of anilines is 1. The molecule has 6 nitrogen and oxygen atoms in total. The number of hydrogen-bond acceptors (Lipinski definition) is 5. The Morgan fingerprint density at radius 3 is 2.64 bits per heavy atom. The summed E-state index contributed by atoms with van der Waals surface area (Å²) in [6.07, 6.45) is 0. The third-order valence-electron chi connectivity index (χ3n) is 4.17. The van der Waals surface area contributed by atoms with Crippen molar-refractivity contribution >= 4 is 39.9 Å². The number of hydrogen-bond donors (Lipinski definition) is 2. The van der Waals surface area contributed by atoms with Crippen LogP contribution in [-0.4, -0.2) is 16.8 Å². The monoisotopic (exact) mass is 391 g/mol. The lowest BCUT2D eigenvalue weighted by Gasteiger charge is -2.07. The number of aromatic nitrogens is 1. The van der Waals surface area contributed by atoms with E-state index in [9.17, 15) is 9.59 Å². The Labute approximate surface area is 165 Å². The van der Waals surface area contributed by atoms with Gasteiger partial charge in [0.15, 0.2) is 11.5 Å². The minimum absolute atomic E-state index is 0.102. The number of amides is 2. The number of carbonyl (C=O) groups excluding carboxylic acids is 2. The topological polar surface area (TPSA) is 84.2 Å². The molecule has 7 heteroatoms. The lowest BCUT2D eigenvalue weighted by atomic mass is 10.1. The molecule has 4 aromatic rings. The smallest absolute Gasteiger partial charge is 0.261 e. The van der Waals surface area contributed by atoms with Gasteiger partial charge in [-0.05, 0) is 47.3 Å². The molecule has 0 radical (unpaired) electrons. The van der Waals surface area contributed by atoms with Gasteiger partial charge in [-0.15, -0.1) is 11.3 Å². The lowest BCUT2D eigenvalue weighted by molar-refractivity contribution is 0.0953. The van der Waals surface area contributed by atoms with E-state index < -0.39 is 0 Å². The van der Waals surface area contributed by atoms with Gasteiger partial charge in [0.05, 0.1) is 4.88 Å². The highest BCUT2D eigenvalue weighted by Crippen LogP contribution is 2.20. The quantitative estimate of drug-likeness (QED) is 0.529. The largest absolute Gasteiger partial charge is 0.441 e. The predicted molar refractivity (Wildman–Crippen MR) is 109 cm³/mol. The fourth-order valence-corrected chi connectivity index (χ4v) is 3.41. The SMILES string of the molecule is Cc1nc2cc(NC(=O)c3ccc(CNC(=O)c4cccs4)cc3)ccc2o1. The molecule has 0 aliphatic heterocycles. The fraction of sp³-hybridized carbons (Fsp3) is 0.0952. The van der Waals surface area contributed by atoms with Crippen molar-refractivity contribution in [1.82, 2.24) is 10.3 Å². The number of thiophene rings is 1. The number of nitrogens with one attached hydrogen (secondary N) is 2. The summed E-state index contributed by atoms with van der Waals surface area (Å²) in [6.45, 7) is 2.18. The number of rotatable bonds is 5. The van der Waals surface area contributed by atoms with Crippen LogP contribution < -0.4 is 10.6 Å². The maximum atomic E-state index is 12.5. The van der Waals surface area contributed by atoms with Gasteiger partial charge in [0.2, 0.25) is 0 Å². The summed E-state index contributed by atoms with van der Waals surface area (Å²) in [6, 6.07) is 16.1. The van der Waals surface area contributed by atoms with Crippen molar-refractivity contribution in [2.45, 2.75) is 13.5 Å². The molecule has 0 spiro atoms. The molecule has 0 atom stereocenters. The van der Waals surface area contributed by atoms with Gasteiger partial charge in [-0.2, -0.15) is 0 Å². The minimum atomic E-state index is -0.214. The van der Waals surface area contributed by atoms with E-state index in [1.807, 2.05) is 23.6 Å². The van der Waals surface area contributed by atoms with Crippen LogP contribution >= 0.6 is 11.3 Å². The highest BCUT2D eigenvalue weighted by atomic mass is 32.1. The second-order valence-electron chi connectivity index (χ2n) is 6.23. The molecular weight excluding hydrogens is 374 g/mol. The normalized spacial score (nSPS) is 10.8. The number of oxazole rings is 1. The number of carbonyl (C=O) groups is 2. The number of nitrogens with zero attached hydrogens (tertiary/aromatic N) is 1. The van der Waals surface area contributed by atoms with E-state index in [0.717, 1.165) is 5.56 Å². The van der Waals surface area contributed by atoms with E-state index >= 15 is 0 Å². The first-order chi connectivity index (χ1) is 13.6. The zero-order chi connectivity index (χ0) is 19.5. The first kappa shape index (κ1) is 17.9. The molecule has 4 rings (SSSR count). The molecule has 0 aliphatic carbocycles. The Bertz CT molecular complexity index is 1130. The number of aryl methyl sites for hydroxylation is 1. The van der Waals surface area contributed by atoms with Gasteiger partial charge in [-0.1, -0.05) is 18.2 Å². The summed E-state index contributed by atoms with van der Waals surface area (Å²) < 4.78 is 5.44. The molecule has 2 heterocycles. The van der Waals surface area contributed by atoms with Crippen molar-refractivity contribution in [2.24, 2.45) is 0 Å². The Balaban J connectivity index is 1.38. The van der Waals surface area contributed by atoms with Crippen LogP contribution in [0.2, 0.25) is 0 Å². The highest BCUT2D eigenvalue weighted by Gasteiger charge is 2.09. The molecule has 2 aromatic carbocycles. The molecule has 2 N–H and O–H groups in total. The average Bonchev–Trinajstić information content (AvgIpc) is 3.35. The van der Waals surface area contributed by atoms with E-state index in [1.165, 1.54) is 11.3 Å². The summed E-state index contributed by atoms with van der Waals surface area (Å²) in [5.74, 6) is 0.268. The molecule has 0 unspecified atom stereocenters. The van der Waals surface area contributed by atoms with E-state index in [2.05, 4.69) is 15.6 Å². The van der Waals surface area contributed by atoms with Crippen molar-refractivity contribution in [3.05, 3.63) is 81.9 Å².